The molecule has 0 amide bonds. The maximum atomic E-state index is 9.61. The van der Waals surface area contributed by atoms with Crippen LogP contribution in [0.15, 0.2) is 60.7 Å². The number of hydrogen-bond donors (Lipinski definition) is 4. The van der Waals surface area contributed by atoms with Crippen molar-refractivity contribution in [3.05, 3.63) is 71.8 Å². The number of benzene rings is 4. The zero-order chi connectivity index (χ0) is 22.8. The van der Waals surface area contributed by atoms with Crippen LogP contribution in [0.4, 0.5) is 11.4 Å². The Morgan fingerprint density at radius 2 is 1.03 bits per heavy atom. The first-order valence-electron chi connectivity index (χ1n) is 9.47. The highest BCUT2D eigenvalue weighted by Gasteiger charge is 2.15. The lowest BCUT2D eigenvalue weighted by molar-refractivity contribution is 0.466. The second-order valence-electron chi connectivity index (χ2n) is 6.91. The minimum atomic E-state index is -0.0328. The zero-order valence-electron chi connectivity index (χ0n) is 16.8. The molecule has 0 radical (unpaired) electrons. The Balaban J connectivity index is 1.77. The number of ether oxygens (including phenoxy) is 2. The molecule has 6 N–H and O–H groups in total. The standard InChI is InChI=1S/C26H18N2O4/c1-3-17-19-7-12-26(32-16-6-10-24(30)22(28)14-16)18(4-2)20(19)8-11-25(17)31-15-5-9-23(29)21(27)13-15/h1-2,5-14,29-30H,27-28H2. The Morgan fingerprint density at radius 3 is 1.38 bits per heavy atom. The number of hydrogen-bond acceptors (Lipinski definition) is 6. The average molecular weight is 422 g/mol. The van der Waals surface area contributed by atoms with E-state index in [-0.39, 0.29) is 22.9 Å². The van der Waals surface area contributed by atoms with E-state index in [0.29, 0.717) is 44.9 Å². The largest absolute Gasteiger partial charge is 0.506 e. The van der Waals surface area contributed by atoms with Crippen molar-refractivity contribution in [2.45, 2.75) is 0 Å². The van der Waals surface area contributed by atoms with Crippen LogP contribution in [0.1, 0.15) is 11.1 Å². The van der Waals surface area contributed by atoms with E-state index in [0.717, 1.165) is 0 Å². The van der Waals surface area contributed by atoms with Crippen LogP contribution >= 0.6 is 0 Å². The predicted octanol–water partition coefficient (Wildman–Crippen LogP) is 4.96. The van der Waals surface area contributed by atoms with Gasteiger partial charge in [-0.15, -0.1) is 12.8 Å². The molecule has 0 fully saturated rings. The normalized spacial score (nSPS) is 10.3. The molecule has 0 spiro atoms. The summed E-state index contributed by atoms with van der Waals surface area (Å²) in [5.74, 6) is 6.99. The molecule has 4 aromatic carbocycles. The summed E-state index contributed by atoms with van der Waals surface area (Å²) in [6.07, 6.45) is 11.6. The molecular weight excluding hydrogens is 404 g/mol. The number of nitrogens with two attached hydrogens (primary N) is 2. The molecule has 6 heteroatoms. The summed E-state index contributed by atoms with van der Waals surface area (Å²) in [6, 6.07) is 16.1. The Hall–Kier alpha value is -4.94. The highest BCUT2D eigenvalue weighted by atomic mass is 16.5. The summed E-state index contributed by atoms with van der Waals surface area (Å²) in [4.78, 5) is 0. The smallest absolute Gasteiger partial charge is 0.143 e. The highest BCUT2D eigenvalue weighted by Crippen LogP contribution is 2.38. The lowest BCUT2D eigenvalue weighted by Gasteiger charge is -2.15. The van der Waals surface area contributed by atoms with Crippen molar-refractivity contribution < 1.29 is 19.7 Å². The van der Waals surface area contributed by atoms with E-state index in [1.807, 2.05) is 0 Å². The number of phenolic OH excluding ortho intramolecular Hbond substituents is 2. The fourth-order valence-corrected chi connectivity index (χ4v) is 3.28. The van der Waals surface area contributed by atoms with Gasteiger partial charge in [0, 0.05) is 22.9 Å². The second kappa shape index (κ2) is 8.06. The SMILES string of the molecule is C#Cc1c(Oc2ccc(O)c(N)c2)ccc2c(C#C)c(Oc3ccc(O)c(N)c3)ccc12. The molecule has 0 aromatic heterocycles. The monoisotopic (exact) mass is 422 g/mol. The van der Waals surface area contributed by atoms with Gasteiger partial charge in [0.25, 0.3) is 0 Å². The molecule has 0 aliphatic rings. The average Bonchev–Trinajstić information content (AvgIpc) is 2.78. The first kappa shape index (κ1) is 20.3. The van der Waals surface area contributed by atoms with E-state index in [1.54, 1.807) is 36.4 Å². The lowest BCUT2D eigenvalue weighted by Crippen LogP contribution is -1.95. The summed E-state index contributed by atoms with van der Waals surface area (Å²) in [7, 11) is 0. The van der Waals surface area contributed by atoms with Crippen LogP contribution < -0.4 is 20.9 Å². The van der Waals surface area contributed by atoms with Crippen molar-refractivity contribution in [2.24, 2.45) is 0 Å². The van der Waals surface area contributed by atoms with Crippen molar-refractivity contribution in [3.63, 3.8) is 0 Å². The topological polar surface area (TPSA) is 111 Å². The molecule has 4 aromatic rings. The number of aromatic hydroxyl groups is 2. The van der Waals surface area contributed by atoms with Crippen molar-refractivity contribution in [1.29, 1.82) is 0 Å². The Morgan fingerprint density at radius 1 is 0.625 bits per heavy atom. The van der Waals surface area contributed by atoms with Gasteiger partial charge in [-0.3, -0.25) is 0 Å². The molecule has 0 atom stereocenters. The van der Waals surface area contributed by atoms with Crippen LogP contribution in [0.2, 0.25) is 0 Å². The third-order valence-corrected chi connectivity index (χ3v) is 4.87. The van der Waals surface area contributed by atoms with Gasteiger partial charge in [0.05, 0.1) is 22.5 Å². The first-order chi connectivity index (χ1) is 15.4. The van der Waals surface area contributed by atoms with Gasteiger partial charge < -0.3 is 31.2 Å². The summed E-state index contributed by atoms with van der Waals surface area (Å²) in [5, 5.41) is 20.6. The Kier molecular flexibility index (Phi) is 5.12. The van der Waals surface area contributed by atoms with Crippen LogP contribution in [-0.4, -0.2) is 10.2 Å². The second-order valence-corrected chi connectivity index (χ2v) is 6.91. The van der Waals surface area contributed by atoms with E-state index < -0.39 is 0 Å². The van der Waals surface area contributed by atoms with Crippen molar-refractivity contribution >= 4 is 22.1 Å². The molecule has 0 unspecified atom stereocenters. The van der Waals surface area contributed by atoms with E-state index in [4.69, 9.17) is 33.8 Å². The number of rotatable bonds is 4. The summed E-state index contributed by atoms with van der Waals surface area (Å²) < 4.78 is 11.8. The molecular formula is C26H18N2O4. The van der Waals surface area contributed by atoms with Crippen molar-refractivity contribution in [3.8, 4) is 59.2 Å². The summed E-state index contributed by atoms with van der Waals surface area (Å²) in [5.41, 5.74) is 12.9. The van der Waals surface area contributed by atoms with Gasteiger partial charge >= 0.3 is 0 Å². The van der Waals surface area contributed by atoms with Gasteiger partial charge in [-0.1, -0.05) is 11.8 Å². The number of fused-ring (bicyclic) bond motifs is 1. The van der Waals surface area contributed by atoms with Crippen LogP contribution in [-0.2, 0) is 0 Å². The van der Waals surface area contributed by atoms with Crippen LogP contribution in [0.3, 0.4) is 0 Å². The molecule has 6 nitrogen and oxygen atoms in total. The molecule has 0 heterocycles. The first-order valence-corrected chi connectivity index (χ1v) is 9.47. The van der Waals surface area contributed by atoms with Crippen LogP contribution in [0.5, 0.6) is 34.5 Å². The minimum absolute atomic E-state index is 0.0328. The van der Waals surface area contributed by atoms with E-state index >= 15 is 0 Å². The number of phenols is 2. The van der Waals surface area contributed by atoms with Gasteiger partial charge in [-0.25, -0.2) is 0 Å². The third kappa shape index (κ3) is 3.65. The van der Waals surface area contributed by atoms with Gasteiger partial charge in [-0.05, 0) is 48.5 Å². The highest BCUT2D eigenvalue weighted by molar-refractivity contribution is 5.96. The quantitative estimate of drug-likeness (QED) is 0.210. The number of nitrogen functional groups attached to an aromatic ring is 2. The van der Waals surface area contributed by atoms with Crippen molar-refractivity contribution in [2.75, 3.05) is 11.5 Å². The van der Waals surface area contributed by atoms with Gasteiger partial charge in [0.15, 0.2) is 0 Å². The lowest BCUT2D eigenvalue weighted by atomic mass is 9.99. The molecule has 0 aliphatic heterocycles. The molecule has 4 rings (SSSR count). The number of anilines is 2. The fraction of sp³-hybridized carbons (Fsp3) is 0. The molecule has 156 valence electrons. The van der Waals surface area contributed by atoms with Gasteiger partial charge in [-0.2, -0.15) is 0 Å². The molecule has 0 saturated heterocycles. The maximum Gasteiger partial charge on any atom is 0.143 e. The minimum Gasteiger partial charge on any atom is -0.506 e. The predicted molar refractivity (Wildman–Crippen MR) is 125 cm³/mol. The summed E-state index contributed by atoms with van der Waals surface area (Å²) in [6.45, 7) is 0. The number of terminal acetylenes is 2. The van der Waals surface area contributed by atoms with E-state index in [2.05, 4.69) is 11.8 Å². The molecule has 0 bridgehead atoms. The molecule has 0 aliphatic carbocycles. The van der Waals surface area contributed by atoms with Crippen molar-refractivity contribution in [1.82, 2.24) is 0 Å². The Bertz CT molecular complexity index is 1330. The van der Waals surface area contributed by atoms with Crippen LogP contribution in [0, 0.1) is 24.7 Å². The molecule has 0 saturated carbocycles. The zero-order valence-corrected chi connectivity index (χ0v) is 16.8. The van der Waals surface area contributed by atoms with E-state index in [1.165, 1.54) is 24.3 Å². The third-order valence-electron chi connectivity index (χ3n) is 4.87. The van der Waals surface area contributed by atoms with E-state index in [9.17, 15) is 10.2 Å². The van der Waals surface area contributed by atoms with Gasteiger partial charge in [0.1, 0.15) is 34.5 Å². The maximum absolute atomic E-state index is 9.61. The van der Waals surface area contributed by atoms with Crippen LogP contribution in [0.25, 0.3) is 10.8 Å². The summed E-state index contributed by atoms with van der Waals surface area (Å²) >= 11 is 0. The van der Waals surface area contributed by atoms with Gasteiger partial charge in [0.2, 0.25) is 0 Å². The Labute approximate surface area is 184 Å². The fourth-order valence-electron chi connectivity index (χ4n) is 3.28. The molecule has 32 heavy (non-hydrogen) atoms.